The molecular weight excluding hydrogens is 364 g/mol. The van der Waals surface area contributed by atoms with Crippen LogP contribution in [0.5, 0.6) is 0 Å². The van der Waals surface area contributed by atoms with E-state index in [1.54, 1.807) is 10.6 Å². The Morgan fingerprint density at radius 3 is 2.64 bits per heavy atom. The second-order valence-corrected chi connectivity index (χ2v) is 7.93. The van der Waals surface area contributed by atoms with Gasteiger partial charge in [0.25, 0.3) is 5.56 Å². The molecule has 4 nitrogen and oxygen atoms in total. The van der Waals surface area contributed by atoms with E-state index in [0.717, 1.165) is 4.47 Å². The molecule has 0 aliphatic rings. The van der Waals surface area contributed by atoms with Crippen LogP contribution >= 0.6 is 27.7 Å². The number of hydrogen-bond donors (Lipinski definition) is 0. The number of ketones is 1. The van der Waals surface area contributed by atoms with Gasteiger partial charge in [0.05, 0.1) is 16.7 Å². The summed E-state index contributed by atoms with van der Waals surface area (Å²) in [5, 5.41) is 1.18. The molecule has 0 N–H and O–H groups in total. The van der Waals surface area contributed by atoms with Crippen molar-refractivity contribution in [2.75, 3.05) is 5.75 Å². The van der Waals surface area contributed by atoms with Crippen LogP contribution < -0.4 is 5.56 Å². The van der Waals surface area contributed by atoms with Crippen molar-refractivity contribution in [2.45, 2.75) is 39.4 Å². The van der Waals surface area contributed by atoms with Crippen LogP contribution in [-0.2, 0) is 11.3 Å². The normalized spacial score (nSPS) is 11.9. The first-order chi connectivity index (χ1) is 10.2. The number of thioether (sulfide) groups is 1. The van der Waals surface area contributed by atoms with Gasteiger partial charge in [-0.2, -0.15) is 0 Å². The standard InChI is InChI=1S/C16H19BrN2O2S/c1-5-19-14(21)11-8-10(17)6-7-12(11)18-15(19)22-9-13(20)16(2,3)4/h6-8H,5,9H2,1-4H3. The topological polar surface area (TPSA) is 52.0 Å². The van der Waals surface area contributed by atoms with Crippen molar-refractivity contribution in [3.05, 3.63) is 33.0 Å². The molecule has 6 heteroatoms. The predicted molar refractivity (Wildman–Crippen MR) is 94.6 cm³/mol. The molecule has 0 saturated carbocycles. The van der Waals surface area contributed by atoms with Crippen LogP contribution in [0.3, 0.4) is 0 Å². The van der Waals surface area contributed by atoms with Gasteiger partial charge < -0.3 is 0 Å². The first kappa shape index (κ1) is 17.2. The largest absolute Gasteiger partial charge is 0.298 e. The zero-order valence-electron chi connectivity index (χ0n) is 13.1. The van der Waals surface area contributed by atoms with E-state index < -0.39 is 0 Å². The highest BCUT2D eigenvalue weighted by Gasteiger charge is 2.22. The highest BCUT2D eigenvalue weighted by molar-refractivity contribution is 9.10. The second kappa shape index (κ2) is 6.54. The number of carbonyl (C=O) groups excluding carboxylic acids is 1. The number of fused-ring (bicyclic) bond motifs is 1. The number of rotatable bonds is 4. The first-order valence-corrected chi connectivity index (χ1v) is 8.88. The van der Waals surface area contributed by atoms with Crippen molar-refractivity contribution in [3.8, 4) is 0 Å². The number of Topliss-reactive ketones (excluding diaryl/α,β-unsaturated/α-hetero) is 1. The van der Waals surface area contributed by atoms with Crippen molar-refractivity contribution in [1.29, 1.82) is 0 Å². The van der Waals surface area contributed by atoms with Gasteiger partial charge in [-0.1, -0.05) is 48.5 Å². The fourth-order valence-corrected chi connectivity index (χ4v) is 3.49. The molecule has 0 amide bonds. The summed E-state index contributed by atoms with van der Waals surface area (Å²) in [6.07, 6.45) is 0. The zero-order valence-corrected chi connectivity index (χ0v) is 15.5. The molecule has 2 rings (SSSR count). The third kappa shape index (κ3) is 3.60. The lowest BCUT2D eigenvalue weighted by atomic mass is 9.92. The van der Waals surface area contributed by atoms with Gasteiger partial charge in [-0.15, -0.1) is 0 Å². The number of hydrogen-bond acceptors (Lipinski definition) is 4. The van der Waals surface area contributed by atoms with E-state index in [-0.39, 0.29) is 16.8 Å². The maximum absolute atomic E-state index is 12.6. The van der Waals surface area contributed by atoms with Crippen LogP contribution in [0.1, 0.15) is 27.7 Å². The van der Waals surface area contributed by atoms with Crippen LogP contribution in [-0.4, -0.2) is 21.1 Å². The van der Waals surface area contributed by atoms with Crippen LogP contribution in [0, 0.1) is 5.41 Å². The fraction of sp³-hybridized carbons (Fsp3) is 0.438. The second-order valence-electron chi connectivity index (χ2n) is 6.07. The lowest BCUT2D eigenvalue weighted by Gasteiger charge is -2.17. The van der Waals surface area contributed by atoms with E-state index in [1.165, 1.54) is 11.8 Å². The monoisotopic (exact) mass is 382 g/mol. The van der Waals surface area contributed by atoms with Gasteiger partial charge in [0.1, 0.15) is 5.78 Å². The quantitative estimate of drug-likeness (QED) is 0.594. The first-order valence-electron chi connectivity index (χ1n) is 7.10. The third-order valence-electron chi connectivity index (χ3n) is 3.37. The molecule has 0 unspecified atom stereocenters. The van der Waals surface area contributed by atoms with E-state index in [1.807, 2.05) is 39.8 Å². The van der Waals surface area contributed by atoms with Gasteiger partial charge in [0.15, 0.2) is 5.16 Å². The van der Waals surface area contributed by atoms with Crippen molar-refractivity contribution in [1.82, 2.24) is 9.55 Å². The van der Waals surface area contributed by atoms with Crippen molar-refractivity contribution in [2.24, 2.45) is 5.41 Å². The van der Waals surface area contributed by atoms with Gasteiger partial charge >= 0.3 is 0 Å². The van der Waals surface area contributed by atoms with E-state index >= 15 is 0 Å². The Morgan fingerprint density at radius 1 is 1.36 bits per heavy atom. The summed E-state index contributed by atoms with van der Waals surface area (Å²) in [6, 6.07) is 5.46. The van der Waals surface area contributed by atoms with Crippen molar-refractivity contribution < 1.29 is 4.79 Å². The lowest BCUT2D eigenvalue weighted by molar-refractivity contribution is -0.123. The van der Waals surface area contributed by atoms with Gasteiger partial charge in [0.2, 0.25) is 0 Å². The van der Waals surface area contributed by atoms with Gasteiger partial charge in [-0.25, -0.2) is 4.98 Å². The molecule has 0 saturated heterocycles. The minimum absolute atomic E-state index is 0.0699. The number of carbonyl (C=O) groups is 1. The van der Waals surface area contributed by atoms with E-state index in [4.69, 9.17) is 0 Å². The van der Waals surface area contributed by atoms with Crippen LogP contribution in [0.4, 0.5) is 0 Å². The fourth-order valence-electron chi connectivity index (χ4n) is 1.91. The summed E-state index contributed by atoms with van der Waals surface area (Å²) in [7, 11) is 0. The summed E-state index contributed by atoms with van der Waals surface area (Å²) in [4.78, 5) is 29.2. The van der Waals surface area contributed by atoms with Gasteiger partial charge in [0, 0.05) is 16.4 Å². The smallest absolute Gasteiger partial charge is 0.262 e. The molecule has 22 heavy (non-hydrogen) atoms. The number of aromatic nitrogens is 2. The summed E-state index contributed by atoms with van der Waals surface area (Å²) in [5.41, 5.74) is 0.203. The summed E-state index contributed by atoms with van der Waals surface area (Å²) in [6.45, 7) is 8.12. The minimum atomic E-state index is -0.383. The molecule has 1 heterocycles. The Labute approximate surface area is 142 Å². The van der Waals surface area contributed by atoms with Gasteiger partial charge in [-0.3, -0.25) is 14.2 Å². The van der Waals surface area contributed by atoms with E-state index in [2.05, 4.69) is 20.9 Å². The molecule has 1 aromatic carbocycles. The Balaban J connectivity index is 2.44. The third-order valence-corrected chi connectivity index (χ3v) is 4.84. The van der Waals surface area contributed by atoms with Gasteiger partial charge in [-0.05, 0) is 25.1 Å². The highest BCUT2D eigenvalue weighted by atomic mass is 79.9. The number of benzene rings is 1. The molecule has 118 valence electrons. The molecule has 2 aromatic rings. The molecule has 0 aliphatic carbocycles. The minimum Gasteiger partial charge on any atom is -0.298 e. The molecule has 1 aromatic heterocycles. The molecule has 0 fully saturated rings. The zero-order chi connectivity index (χ0) is 16.5. The summed E-state index contributed by atoms with van der Waals surface area (Å²) in [5.74, 6) is 0.461. The molecule has 0 spiro atoms. The van der Waals surface area contributed by atoms with Crippen LogP contribution in [0.15, 0.2) is 32.6 Å². The highest BCUT2D eigenvalue weighted by Crippen LogP contribution is 2.23. The summed E-state index contributed by atoms with van der Waals surface area (Å²) >= 11 is 4.71. The Hall–Kier alpha value is -1.14. The average Bonchev–Trinajstić information content (AvgIpc) is 2.44. The van der Waals surface area contributed by atoms with E-state index in [0.29, 0.717) is 28.4 Å². The molecule has 0 bridgehead atoms. The number of halogens is 1. The SMILES string of the molecule is CCn1c(SCC(=O)C(C)(C)C)nc2ccc(Br)cc2c1=O. The Kier molecular flexibility index (Phi) is 5.12. The average molecular weight is 383 g/mol. The maximum atomic E-state index is 12.6. The summed E-state index contributed by atoms with van der Waals surface area (Å²) < 4.78 is 2.47. The van der Waals surface area contributed by atoms with Crippen LogP contribution in [0.2, 0.25) is 0 Å². The maximum Gasteiger partial charge on any atom is 0.262 e. The van der Waals surface area contributed by atoms with Crippen molar-refractivity contribution >= 4 is 44.4 Å². The molecule has 0 atom stereocenters. The lowest BCUT2D eigenvalue weighted by Crippen LogP contribution is -2.25. The number of nitrogens with zero attached hydrogens (tertiary/aromatic N) is 2. The molecule has 0 aliphatic heterocycles. The predicted octanol–water partition coefficient (Wildman–Crippen LogP) is 3.89. The van der Waals surface area contributed by atoms with Crippen LogP contribution in [0.25, 0.3) is 10.9 Å². The molecular formula is C16H19BrN2O2S. The Morgan fingerprint density at radius 2 is 2.05 bits per heavy atom. The molecule has 0 radical (unpaired) electrons. The Bertz CT molecular complexity index is 778. The van der Waals surface area contributed by atoms with E-state index in [9.17, 15) is 9.59 Å². The van der Waals surface area contributed by atoms with Crippen molar-refractivity contribution in [3.63, 3.8) is 0 Å².